The number of hydrogen-bond acceptors (Lipinski definition) is 1. The maximum atomic E-state index is 12.6. The number of aliphatic imine (C=N–C) groups is 1. The molecule has 3 nitrogen and oxygen atoms in total. The average molecular weight is 239 g/mol. The van der Waals surface area contributed by atoms with Crippen molar-refractivity contribution in [3.05, 3.63) is 29.8 Å². The summed E-state index contributed by atoms with van der Waals surface area (Å²) in [5, 5.41) is 2.89. The van der Waals surface area contributed by atoms with Crippen molar-refractivity contribution >= 4 is 11.6 Å². The zero-order valence-electron chi connectivity index (χ0n) is 9.58. The molecule has 0 bridgehead atoms. The number of guanidine groups is 1. The Morgan fingerprint density at radius 2 is 2.18 bits per heavy atom. The molecule has 1 aromatic rings. The van der Waals surface area contributed by atoms with E-state index in [0.717, 1.165) is 11.3 Å². The molecule has 1 aromatic carbocycles. The van der Waals surface area contributed by atoms with Gasteiger partial charge in [0.1, 0.15) is 0 Å². The third kappa shape index (κ3) is 3.15. The highest BCUT2D eigenvalue weighted by atomic mass is 19.3. The third-order valence-electron chi connectivity index (χ3n) is 2.68. The molecule has 0 amide bonds. The van der Waals surface area contributed by atoms with Gasteiger partial charge in [0, 0.05) is 18.5 Å². The Bertz CT molecular complexity index is 435. The van der Waals surface area contributed by atoms with E-state index in [9.17, 15) is 8.78 Å². The number of halogens is 2. The molecule has 0 saturated heterocycles. The van der Waals surface area contributed by atoms with Crippen LogP contribution in [0.1, 0.15) is 18.4 Å². The minimum absolute atomic E-state index is 0.191. The Kier molecular flexibility index (Phi) is 3.00. The lowest BCUT2D eigenvalue weighted by Crippen LogP contribution is -2.40. The number of hydrogen-bond donors (Lipinski definition) is 2. The normalized spacial score (nSPS) is 19.8. The average Bonchev–Trinajstić information content (AvgIpc) is 2.14. The van der Waals surface area contributed by atoms with E-state index in [4.69, 9.17) is 5.73 Å². The molecule has 2 rings (SSSR count). The molecule has 1 fully saturated rings. The smallest absolute Gasteiger partial charge is 0.252 e. The lowest BCUT2D eigenvalue weighted by molar-refractivity contribution is -0.0834. The Hall–Kier alpha value is -1.65. The van der Waals surface area contributed by atoms with E-state index in [0.29, 0.717) is 0 Å². The van der Waals surface area contributed by atoms with E-state index in [1.54, 1.807) is 0 Å². The van der Waals surface area contributed by atoms with Crippen LogP contribution in [0.25, 0.3) is 0 Å². The summed E-state index contributed by atoms with van der Waals surface area (Å²) in [6.07, 6.45) is -0.410. The fraction of sp³-hybridized carbons (Fsp3) is 0.417. The SMILES string of the molecule is Cc1cccc(NC(N)=NC2CC(F)(F)C2)c1. The molecule has 3 N–H and O–H groups in total. The second-order valence-electron chi connectivity index (χ2n) is 4.43. The van der Waals surface area contributed by atoms with Gasteiger partial charge in [0.2, 0.25) is 0 Å². The van der Waals surface area contributed by atoms with Crippen molar-refractivity contribution in [1.82, 2.24) is 0 Å². The van der Waals surface area contributed by atoms with Gasteiger partial charge in [0.05, 0.1) is 6.04 Å². The molecule has 0 radical (unpaired) electrons. The number of rotatable bonds is 2. The van der Waals surface area contributed by atoms with E-state index in [2.05, 4.69) is 10.3 Å². The van der Waals surface area contributed by atoms with Crippen LogP contribution in [0.5, 0.6) is 0 Å². The number of anilines is 1. The van der Waals surface area contributed by atoms with E-state index in [1.807, 2.05) is 31.2 Å². The molecule has 0 spiro atoms. The van der Waals surface area contributed by atoms with E-state index < -0.39 is 5.92 Å². The first-order valence-electron chi connectivity index (χ1n) is 5.49. The number of benzene rings is 1. The monoisotopic (exact) mass is 239 g/mol. The van der Waals surface area contributed by atoms with Crippen molar-refractivity contribution in [3.8, 4) is 0 Å². The number of alkyl halides is 2. The van der Waals surface area contributed by atoms with Crippen LogP contribution in [0.15, 0.2) is 29.3 Å². The van der Waals surface area contributed by atoms with Gasteiger partial charge in [-0.1, -0.05) is 12.1 Å². The summed E-state index contributed by atoms with van der Waals surface area (Å²) < 4.78 is 25.2. The highest BCUT2D eigenvalue weighted by Gasteiger charge is 2.45. The zero-order chi connectivity index (χ0) is 12.5. The van der Waals surface area contributed by atoms with Crippen LogP contribution in [-0.2, 0) is 0 Å². The molecule has 0 atom stereocenters. The van der Waals surface area contributed by atoms with Crippen molar-refractivity contribution in [2.45, 2.75) is 31.7 Å². The van der Waals surface area contributed by atoms with Crippen molar-refractivity contribution in [2.75, 3.05) is 5.32 Å². The molecule has 92 valence electrons. The third-order valence-corrected chi connectivity index (χ3v) is 2.68. The maximum absolute atomic E-state index is 12.6. The summed E-state index contributed by atoms with van der Waals surface area (Å²) in [4.78, 5) is 4.01. The van der Waals surface area contributed by atoms with E-state index >= 15 is 0 Å². The predicted molar refractivity (Wildman–Crippen MR) is 64.4 cm³/mol. The van der Waals surface area contributed by atoms with Gasteiger partial charge in [-0.15, -0.1) is 0 Å². The van der Waals surface area contributed by atoms with Crippen LogP contribution in [-0.4, -0.2) is 17.9 Å². The minimum Gasteiger partial charge on any atom is -0.370 e. The zero-order valence-corrected chi connectivity index (χ0v) is 9.58. The molecule has 0 aromatic heterocycles. The molecule has 1 saturated carbocycles. The van der Waals surface area contributed by atoms with Crippen molar-refractivity contribution in [1.29, 1.82) is 0 Å². The lowest BCUT2D eigenvalue weighted by atomic mass is 9.89. The Morgan fingerprint density at radius 3 is 2.76 bits per heavy atom. The second kappa shape index (κ2) is 4.31. The number of nitrogens with two attached hydrogens (primary N) is 1. The number of aryl methyl sites for hydroxylation is 1. The molecule has 1 aliphatic rings. The summed E-state index contributed by atoms with van der Waals surface area (Å²) in [5.74, 6) is -2.37. The molecule has 0 unspecified atom stereocenters. The Labute approximate surface area is 98.7 Å². The first-order valence-corrected chi connectivity index (χ1v) is 5.49. The largest absolute Gasteiger partial charge is 0.370 e. The minimum atomic E-state index is -2.56. The van der Waals surface area contributed by atoms with Crippen LogP contribution in [0.3, 0.4) is 0 Å². The van der Waals surface area contributed by atoms with Crippen LogP contribution >= 0.6 is 0 Å². The molecule has 5 heteroatoms. The van der Waals surface area contributed by atoms with Crippen molar-refractivity contribution < 1.29 is 8.78 Å². The summed E-state index contributed by atoms with van der Waals surface area (Å²) >= 11 is 0. The molecular formula is C12H15F2N3. The molecular weight excluding hydrogens is 224 g/mol. The maximum Gasteiger partial charge on any atom is 0.252 e. The van der Waals surface area contributed by atoms with Gasteiger partial charge in [-0.25, -0.2) is 13.8 Å². The fourth-order valence-corrected chi connectivity index (χ4v) is 1.82. The van der Waals surface area contributed by atoms with Crippen LogP contribution < -0.4 is 11.1 Å². The van der Waals surface area contributed by atoms with Gasteiger partial charge in [-0.2, -0.15) is 0 Å². The van der Waals surface area contributed by atoms with Crippen LogP contribution in [0.4, 0.5) is 14.5 Å². The topological polar surface area (TPSA) is 50.4 Å². The molecule has 0 aliphatic heterocycles. The van der Waals surface area contributed by atoms with Gasteiger partial charge < -0.3 is 11.1 Å². The van der Waals surface area contributed by atoms with Crippen LogP contribution in [0.2, 0.25) is 0 Å². The quantitative estimate of drug-likeness (QED) is 0.615. The predicted octanol–water partition coefficient (Wildman–Crippen LogP) is 2.52. The number of nitrogens with zero attached hydrogens (tertiary/aromatic N) is 1. The van der Waals surface area contributed by atoms with E-state index in [-0.39, 0.29) is 24.8 Å². The van der Waals surface area contributed by atoms with Gasteiger partial charge in [-0.3, -0.25) is 0 Å². The highest BCUT2D eigenvalue weighted by Crippen LogP contribution is 2.39. The van der Waals surface area contributed by atoms with Gasteiger partial charge in [0.25, 0.3) is 5.92 Å². The second-order valence-corrected chi connectivity index (χ2v) is 4.43. The summed E-state index contributed by atoms with van der Waals surface area (Å²) in [5.41, 5.74) is 7.56. The standard InChI is InChI=1S/C12H15F2N3/c1-8-3-2-4-9(5-8)16-11(15)17-10-6-12(13,14)7-10/h2-5,10H,6-7H2,1H3,(H3,15,16,17). The summed E-state index contributed by atoms with van der Waals surface area (Å²) in [6, 6.07) is 7.26. The lowest BCUT2D eigenvalue weighted by Gasteiger charge is -2.32. The van der Waals surface area contributed by atoms with Gasteiger partial charge in [-0.05, 0) is 24.6 Å². The summed E-state index contributed by atoms with van der Waals surface area (Å²) in [6.45, 7) is 1.96. The first kappa shape index (κ1) is 11.8. The van der Waals surface area contributed by atoms with Crippen LogP contribution in [0, 0.1) is 6.92 Å². The fourth-order valence-electron chi connectivity index (χ4n) is 1.82. The van der Waals surface area contributed by atoms with Crippen molar-refractivity contribution in [2.24, 2.45) is 10.7 Å². The van der Waals surface area contributed by atoms with Crippen molar-refractivity contribution in [3.63, 3.8) is 0 Å². The Morgan fingerprint density at radius 1 is 1.47 bits per heavy atom. The number of nitrogens with one attached hydrogen (secondary N) is 1. The van der Waals surface area contributed by atoms with E-state index in [1.165, 1.54) is 0 Å². The molecule has 1 aliphatic carbocycles. The summed E-state index contributed by atoms with van der Waals surface area (Å²) in [7, 11) is 0. The van der Waals surface area contributed by atoms with Gasteiger partial charge in [0.15, 0.2) is 5.96 Å². The Balaban J connectivity index is 1.93. The first-order chi connectivity index (χ1) is 7.94. The highest BCUT2D eigenvalue weighted by molar-refractivity contribution is 5.92. The molecule has 0 heterocycles. The van der Waals surface area contributed by atoms with Gasteiger partial charge >= 0.3 is 0 Å². The molecule has 17 heavy (non-hydrogen) atoms.